The number of para-hydroxylation sites is 8. The summed E-state index contributed by atoms with van der Waals surface area (Å²) < 4.78 is 2.38. The average Bonchev–Trinajstić information content (AvgIpc) is 3.15. The molecular formula is C42H38N4P2. The van der Waals surface area contributed by atoms with Crippen molar-refractivity contribution in [2.45, 2.75) is 0 Å². The van der Waals surface area contributed by atoms with Gasteiger partial charge in [0.25, 0.3) is 0 Å². The molecule has 6 heteroatoms. The fourth-order valence-corrected chi connectivity index (χ4v) is 6.39. The van der Waals surface area contributed by atoms with Crippen LogP contribution in [0.4, 0.5) is 45.5 Å². The van der Waals surface area contributed by atoms with Gasteiger partial charge in [-0.2, -0.15) is 0 Å². The minimum Gasteiger partial charge on any atom is -0.354 e. The van der Waals surface area contributed by atoms with Crippen molar-refractivity contribution in [3.63, 3.8) is 0 Å². The Hall–Kier alpha value is -5.40. The molecule has 0 aliphatic heterocycles. The van der Waals surface area contributed by atoms with E-state index in [0.717, 1.165) is 39.8 Å². The van der Waals surface area contributed by atoms with Gasteiger partial charge in [0.05, 0.1) is 22.7 Å². The van der Waals surface area contributed by atoms with Gasteiger partial charge in [-0.15, -0.1) is 9.24 Å². The van der Waals surface area contributed by atoms with Gasteiger partial charge in [0.2, 0.25) is 0 Å². The van der Waals surface area contributed by atoms with Crippen molar-refractivity contribution in [1.29, 1.82) is 0 Å². The van der Waals surface area contributed by atoms with Crippen LogP contribution in [-0.2, 0) is 0 Å². The monoisotopic (exact) mass is 660 g/mol. The highest BCUT2D eigenvalue weighted by Gasteiger charge is 2.14. The molecule has 0 aliphatic rings. The van der Waals surface area contributed by atoms with Crippen LogP contribution in [0.5, 0.6) is 0 Å². The van der Waals surface area contributed by atoms with E-state index in [1.165, 1.54) is 16.3 Å². The van der Waals surface area contributed by atoms with Gasteiger partial charge < -0.3 is 20.6 Å². The standard InChI is InChI=1S/C24H22N2P2.C18H16N2/c27-21-15-17-22(18-16-21)28-26(20-11-5-2-6-12-20)24-14-8-7-13-23(24)25-19-9-3-1-4-10-19;1-3-9-15(10-4-1)19-17-13-7-8-14-18(17)20-16-11-5-2-6-12-16/h1-18,25,28H,27H2;1-14,19-20H. The summed E-state index contributed by atoms with van der Waals surface area (Å²) in [5.41, 5.74) is 8.78. The second kappa shape index (κ2) is 17.0. The van der Waals surface area contributed by atoms with Crippen molar-refractivity contribution in [2.24, 2.45) is 0 Å². The molecular weight excluding hydrogens is 622 g/mol. The lowest BCUT2D eigenvalue weighted by molar-refractivity contribution is 1.41. The van der Waals surface area contributed by atoms with Crippen LogP contribution in [0.15, 0.2) is 194 Å². The maximum Gasteiger partial charge on any atom is 0.0684 e. The highest BCUT2D eigenvalue weighted by atomic mass is 31.1. The number of anilines is 8. The van der Waals surface area contributed by atoms with Crippen molar-refractivity contribution >= 4 is 74.1 Å². The summed E-state index contributed by atoms with van der Waals surface area (Å²) in [4.78, 5) is 0. The molecule has 0 spiro atoms. The molecule has 0 aromatic heterocycles. The van der Waals surface area contributed by atoms with E-state index in [0.29, 0.717) is 8.73 Å². The van der Waals surface area contributed by atoms with Crippen molar-refractivity contribution in [3.05, 3.63) is 194 Å². The molecule has 7 aromatic carbocycles. The smallest absolute Gasteiger partial charge is 0.0684 e. The SMILES string of the molecule is Pc1ccc(PN(c2ccccc2)c2ccccc2Nc2ccccc2)cc1.c1ccc(Nc2ccccc2Nc2ccccc2)cc1. The van der Waals surface area contributed by atoms with Crippen LogP contribution in [0.2, 0.25) is 0 Å². The fourth-order valence-electron chi connectivity index (χ4n) is 5.03. The van der Waals surface area contributed by atoms with Gasteiger partial charge in [-0.1, -0.05) is 121 Å². The number of hydrogen-bond donors (Lipinski definition) is 3. The summed E-state index contributed by atoms with van der Waals surface area (Å²) in [5.74, 6) is 0. The van der Waals surface area contributed by atoms with E-state index in [1.807, 2.05) is 66.7 Å². The Balaban J connectivity index is 0.000000177. The molecule has 0 bridgehead atoms. The predicted molar refractivity (Wildman–Crippen MR) is 214 cm³/mol. The largest absolute Gasteiger partial charge is 0.354 e. The second-order valence-corrected chi connectivity index (χ2v) is 12.9. The maximum absolute atomic E-state index is 3.58. The Labute approximate surface area is 287 Å². The quantitative estimate of drug-likeness (QED) is 0.128. The summed E-state index contributed by atoms with van der Waals surface area (Å²) in [6, 6.07) is 66.6. The van der Waals surface area contributed by atoms with Gasteiger partial charge in [0.1, 0.15) is 0 Å². The summed E-state index contributed by atoms with van der Waals surface area (Å²) in [6.45, 7) is 0. The highest BCUT2D eigenvalue weighted by molar-refractivity contribution is 7.49. The Morgan fingerprint density at radius 3 is 1.23 bits per heavy atom. The lowest BCUT2D eigenvalue weighted by Gasteiger charge is -2.27. The van der Waals surface area contributed by atoms with E-state index in [4.69, 9.17) is 0 Å². The Bertz CT molecular complexity index is 1910. The Morgan fingerprint density at radius 1 is 0.375 bits per heavy atom. The fraction of sp³-hybridized carbons (Fsp3) is 0. The third kappa shape index (κ3) is 9.33. The second-order valence-electron chi connectivity index (χ2n) is 10.9. The number of nitrogens with zero attached hydrogens (tertiary/aromatic N) is 1. The summed E-state index contributed by atoms with van der Waals surface area (Å²) in [7, 11) is 3.24. The van der Waals surface area contributed by atoms with Crippen LogP contribution < -0.4 is 31.2 Å². The van der Waals surface area contributed by atoms with Gasteiger partial charge in [0, 0.05) is 31.5 Å². The normalized spacial score (nSPS) is 10.5. The lowest BCUT2D eigenvalue weighted by Crippen LogP contribution is -2.13. The third-order valence-corrected chi connectivity index (χ3v) is 9.10. The van der Waals surface area contributed by atoms with Crippen LogP contribution in [0.3, 0.4) is 0 Å². The van der Waals surface area contributed by atoms with Gasteiger partial charge in [-0.05, 0) is 83.4 Å². The summed E-state index contributed by atoms with van der Waals surface area (Å²) in [6.07, 6.45) is 0. The van der Waals surface area contributed by atoms with Crippen LogP contribution in [-0.4, -0.2) is 0 Å². The Morgan fingerprint density at radius 2 is 0.750 bits per heavy atom. The number of benzene rings is 7. The molecule has 2 atom stereocenters. The average molecular weight is 661 g/mol. The van der Waals surface area contributed by atoms with E-state index in [1.54, 1.807) is 0 Å². The number of hydrogen-bond acceptors (Lipinski definition) is 4. The van der Waals surface area contributed by atoms with Crippen LogP contribution in [0, 0.1) is 0 Å². The molecule has 0 fully saturated rings. The number of nitrogens with one attached hydrogen (secondary N) is 3. The van der Waals surface area contributed by atoms with E-state index in [-0.39, 0.29) is 0 Å². The van der Waals surface area contributed by atoms with Crippen LogP contribution >= 0.6 is 18.0 Å². The molecule has 7 aromatic rings. The minimum atomic E-state index is 0.488. The van der Waals surface area contributed by atoms with Gasteiger partial charge >= 0.3 is 0 Å². The van der Waals surface area contributed by atoms with Gasteiger partial charge in [-0.25, -0.2) is 0 Å². The van der Waals surface area contributed by atoms with Crippen LogP contribution in [0.25, 0.3) is 0 Å². The number of rotatable bonds is 10. The first kappa shape index (κ1) is 32.5. The van der Waals surface area contributed by atoms with E-state index < -0.39 is 0 Å². The van der Waals surface area contributed by atoms with Crippen molar-refractivity contribution in [2.75, 3.05) is 20.6 Å². The molecule has 0 amide bonds. The van der Waals surface area contributed by atoms with Gasteiger partial charge in [0.15, 0.2) is 0 Å². The first-order valence-electron chi connectivity index (χ1n) is 15.8. The molecule has 0 radical (unpaired) electrons. The molecule has 236 valence electrons. The zero-order valence-electron chi connectivity index (χ0n) is 26.5. The zero-order valence-corrected chi connectivity index (χ0v) is 28.7. The zero-order chi connectivity index (χ0) is 32.8. The van der Waals surface area contributed by atoms with E-state index in [9.17, 15) is 0 Å². The maximum atomic E-state index is 3.58. The molecule has 0 heterocycles. The van der Waals surface area contributed by atoms with Crippen LogP contribution in [0.1, 0.15) is 0 Å². The van der Waals surface area contributed by atoms with Crippen molar-refractivity contribution in [1.82, 2.24) is 0 Å². The van der Waals surface area contributed by atoms with Gasteiger partial charge in [-0.3, -0.25) is 0 Å². The topological polar surface area (TPSA) is 39.3 Å². The van der Waals surface area contributed by atoms with Crippen molar-refractivity contribution < 1.29 is 0 Å². The minimum absolute atomic E-state index is 0.488. The molecule has 7 rings (SSSR count). The first-order chi connectivity index (χ1) is 23.7. The molecule has 3 N–H and O–H groups in total. The molecule has 4 nitrogen and oxygen atoms in total. The summed E-state index contributed by atoms with van der Waals surface area (Å²) >= 11 is 0. The molecule has 2 unspecified atom stereocenters. The molecule has 0 saturated carbocycles. The van der Waals surface area contributed by atoms with E-state index >= 15 is 0 Å². The summed E-state index contributed by atoms with van der Waals surface area (Å²) in [5, 5.41) is 12.9. The molecule has 0 aliphatic carbocycles. The first-order valence-corrected chi connectivity index (χ1v) is 17.4. The molecule has 48 heavy (non-hydrogen) atoms. The Kier molecular flexibility index (Phi) is 11.5. The van der Waals surface area contributed by atoms with E-state index in [2.05, 4.69) is 157 Å². The highest BCUT2D eigenvalue weighted by Crippen LogP contribution is 2.41. The third-order valence-electron chi connectivity index (χ3n) is 7.40. The predicted octanol–water partition coefficient (Wildman–Crippen LogP) is 11.2. The van der Waals surface area contributed by atoms with Crippen molar-refractivity contribution in [3.8, 4) is 0 Å². The molecule has 0 saturated heterocycles. The lowest BCUT2D eigenvalue weighted by atomic mass is 10.2.